The van der Waals surface area contributed by atoms with E-state index >= 15 is 0 Å². The van der Waals surface area contributed by atoms with Crippen molar-refractivity contribution < 1.29 is 32.5 Å². The minimum Gasteiger partial charge on any atom is -0.475 e. The van der Waals surface area contributed by atoms with E-state index in [1.54, 1.807) is 14.2 Å². The number of hydrogen-bond donors (Lipinski definition) is 3. The number of carboxylic acid groups (broad SMARTS) is 1. The largest absolute Gasteiger partial charge is 0.490 e. The summed E-state index contributed by atoms with van der Waals surface area (Å²) in [7, 11) is 3.46. The lowest BCUT2D eigenvalue weighted by Gasteiger charge is -2.43. The Morgan fingerprint density at radius 3 is 2.26 bits per heavy atom. The predicted octanol–water partition coefficient (Wildman–Crippen LogP) is 1.52. The van der Waals surface area contributed by atoms with Crippen LogP contribution >= 0.6 is 0 Å². The summed E-state index contributed by atoms with van der Waals surface area (Å²) in [5.74, 6) is -2.29. The first kappa shape index (κ1) is 22.1. The molecule has 3 atom stereocenters. The van der Waals surface area contributed by atoms with Crippen LogP contribution in [0.2, 0.25) is 0 Å². The summed E-state index contributed by atoms with van der Waals surface area (Å²) in [6.07, 6.45) is -0.103. The molecule has 0 spiro atoms. The highest BCUT2D eigenvalue weighted by molar-refractivity contribution is 5.73. The lowest BCUT2D eigenvalue weighted by atomic mass is 9.69. The van der Waals surface area contributed by atoms with Crippen molar-refractivity contribution in [2.75, 3.05) is 27.4 Å². The van der Waals surface area contributed by atoms with Crippen LogP contribution < -0.4 is 11.5 Å². The SMILES string of the molecule is COCCC1CC(N)CCC1(N)CCOC.O=C(O)C(F)(F)F. The molecule has 0 aromatic rings. The maximum absolute atomic E-state index is 10.6. The summed E-state index contributed by atoms with van der Waals surface area (Å²) in [6, 6.07) is 0.307. The third kappa shape index (κ3) is 8.50. The highest BCUT2D eigenvalue weighted by Gasteiger charge is 2.39. The van der Waals surface area contributed by atoms with Gasteiger partial charge in [-0.05, 0) is 38.0 Å². The van der Waals surface area contributed by atoms with E-state index in [-0.39, 0.29) is 5.54 Å². The smallest absolute Gasteiger partial charge is 0.475 e. The minimum absolute atomic E-state index is 0.107. The van der Waals surface area contributed by atoms with Gasteiger partial charge in [0.1, 0.15) is 0 Å². The zero-order chi connectivity index (χ0) is 18.1. The number of aliphatic carboxylic acids is 1. The van der Waals surface area contributed by atoms with Crippen LogP contribution in [0.4, 0.5) is 13.2 Å². The fourth-order valence-corrected chi connectivity index (χ4v) is 2.66. The van der Waals surface area contributed by atoms with E-state index in [4.69, 9.17) is 30.8 Å². The van der Waals surface area contributed by atoms with Gasteiger partial charge in [-0.1, -0.05) is 0 Å². The Morgan fingerprint density at radius 1 is 1.30 bits per heavy atom. The molecular weight excluding hydrogens is 317 g/mol. The van der Waals surface area contributed by atoms with Crippen molar-refractivity contribution in [2.24, 2.45) is 17.4 Å². The molecule has 0 heterocycles. The zero-order valence-electron chi connectivity index (χ0n) is 13.6. The molecule has 0 bridgehead atoms. The van der Waals surface area contributed by atoms with Crippen molar-refractivity contribution in [3.8, 4) is 0 Å². The van der Waals surface area contributed by atoms with Gasteiger partial charge in [0.25, 0.3) is 0 Å². The third-order valence-corrected chi connectivity index (χ3v) is 4.07. The monoisotopic (exact) mass is 344 g/mol. The molecule has 138 valence electrons. The van der Waals surface area contributed by atoms with Crippen LogP contribution in [0.3, 0.4) is 0 Å². The molecule has 1 fully saturated rings. The fraction of sp³-hybridized carbons (Fsp3) is 0.929. The molecule has 0 amide bonds. The Kier molecular flexibility index (Phi) is 9.67. The topological polar surface area (TPSA) is 108 Å². The van der Waals surface area contributed by atoms with Gasteiger partial charge >= 0.3 is 12.1 Å². The summed E-state index contributed by atoms with van der Waals surface area (Å²) in [5, 5.41) is 7.12. The Bertz CT molecular complexity index is 351. The van der Waals surface area contributed by atoms with E-state index in [9.17, 15) is 13.2 Å². The Morgan fingerprint density at radius 2 is 1.83 bits per heavy atom. The van der Waals surface area contributed by atoms with Gasteiger partial charge in [-0.3, -0.25) is 0 Å². The quantitative estimate of drug-likeness (QED) is 0.674. The predicted molar refractivity (Wildman–Crippen MR) is 78.9 cm³/mol. The molecule has 1 aliphatic rings. The van der Waals surface area contributed by atoms with Crippen molar-refractivity contribution in [3.05, 3.63) is 0 Å². The Balaban J connectivity index is 0.000000585. The first-order valence-corrected chi connectivity index (χ1v) is 7.39. The molecule has 1 saturated carbocycles. The minimum atomic E-state index is -5.08. The number of methoxy groups -OCH3 is 2. The van der Waals surface area contributed by atoms with E-state index in [0.717, 1.165) is 45.3 Å². The molecule has 1 rings (SSSR count). The van der Waals surface area contributed by atoms with Gasteiger partial charge in [0.2, 0.25) is 0 Å². The van der Waals surface area contributed by atoms with Crippen LogP contribution in [-0.2, 0) is 14.3 Å². The molecule has 9 heteroatoms. The van der Waals surface area contributed by atoms with Crippen LogP contribution in [-0.4, -0.2) is 56.3 Å². The molecule has 0 saturated heterocycles. The highest BCUT2D eigenvalue weighted by atomic mass is 19.4. The number of ether oxygens (including phenoxy) is 2. The van der Waals surface area contributed by atoms with E-state index in [1.165, 1.54) is 0 Å². The molecule has 1 aliphatic carbocycles. The van der Waals surface area contributed by atoms with Crippen molar-refractivity contribution >= 4 is 5.97 Å². The van der Waals surface area contributed by atoms with E-state index in [0.29, 0.717) is 12.0 Å². The van der Waals surface area contributed by atoms with Crippen LogP contribution in [0, 0.1) is 5.92 Å². The van der Waals surface area contributed by atoms with Crippen LogP contribution in [0.25, 0.3) is 0 Å². The molecular formula is C14H27F3N2O4. The molecule has 0 aliphatic heterocycles. The molecule has 0 aromatic heterocycles. The Hall–Kier alpha value is -0.900. The van der Waals surface area contributed by atoms with Gasteiger partial charge in [0.05, 0.1) is 0 Å². The maximum Gasteiger partial charge on any atom is 0.490 e. The average Bonchev–Trinajstić information content (AvgIpc) is 2.46. The average molecular weight is 344 g/mol. The zero-order valence-corrected chi connectivity index (χ0v) is 13.6. The van der Waals surface area contributed by atoms with Crippen molar-refractivity contribution in [1.82, 2.24) is 0 Å². The normalized spacial score (nSPS) is 28.0. The van der Waals surface area contributed by atoms with Crippen LogP contribution in [0.5, 0.6) is 0 Å². The molecule has 23 heavy (non-hydrogen) atoms. The first-order chi connectivity index (χ1) is 10.6. The van der Waals surface area contributed by atoms with Gasteiger partial charge in [-0.2, -0.15) is 13.2 Å². The number of rotatable bonds is 6. The number of halogens is 3. The first-order valence-electron chi connectivity index (χ1n) is 7.39. The highest BCUT2D eigenvalue weighted by Crippen LogP contribution is 2.36. The number of alkyl halides is 3. The number of nitrogens with two attached hydrogens (primary N) is 2. The second kappa shape index (κ2) is 10.1. The summed E-state index contributed by atoms with van der Waals surface area (Å²) in [6.45, 7) is 1.50. The number of hydrogen-bond acceptors (Lipinski definition) is 5. The van der Waals surface area contributed by atoms with Gasteiger partial charge < -0.3 is 26.0 Å². The lowest BCUT2D eigenvalue weighted by molar-refractivity contribution is -0.192. The molecule has 0 radical (unpaired) electrons. The molecule has 5 N–H and O–H groups in total. The standard InChI is InChI=1S/C12H26N2O2.C2HF3O2/c1-15-7-4-10-9-11(13)3-5-12(10,14)6-8-16-2;3-2(4,5)1(6)7/h10-11H,3-9,13-14H2,1-2H3;(H,6,7). The second-order valence-corrected chi connectivity index (χ2v) is 5.79. The third-order valence-electron chi connectivity index (χ3n) is 4.07. The summed E-state index contributed by atoms with van der Waals surface area (Å²) in [5.41, 5.74) is 12.4. The summed E-state index contributed by atoms with van der Waals surface area (Å²) < 4.78 is 42.0. The van der Waals surface area contributed by atoms with Crippen molar-refractivity contribution in [2.45, 2.75) is 49.9 Å². The second-order valence-electron chi connectivity index (χ2n) is 5.79. The fourth-order valence-electron chi connectivity index (χ4n) is 2.66. The van der Waals surface area contributed by atoms with Crippen molar-refractivity contribution in [1.29, 1.82) is 0 Å². The Labute approximate surface area is 134 Å². The van der Waals surface area contributed by atoms with Crippen LogP contribution in [0.1, 0.15) is 32.1 Å². The lowest BCUT2D eigenvalue weighted by Crippen LogP contribution is -2.54. The van der Waals surface area contributed by atoms with E-state index in [2.05, 4.69) is 0 Å². The summed E-state index contributed by atoms with van der Waals surface area (Å²) in [4.78, 5) is 8.90. The van der Waals surface area contributed by atoms with Gasteiger partial charge in [-0.15, -0.1) is 0 Å². The molecule has 3 unspecified atom stereocenters. The maximum atomic E-state index is 10.6. The van der Waals surface area contributed by atoms with Gasteiger partial charge in [-0.25, -0.2) is 4.79 Å². The summed E-state index contributed by atoms with van der Waals surface area (Å²) >= 11 is 0. The van der Waals surface area contributed by atoms with Gasteiger partial charge in [0, 0.05) is 39.0 Å². The molecule has 6 nitrogen and oxygen atoms in total. The number of carbonyl (C=O) groups is 1. The number of carboxylic acids is 1. The van der Waals surface area contributed by atoms with Crippen LogP contribution in [0.15, 0.2) is 0 Å². The van der Waals surface area contributed by atoms with Crippen molar-refractivity contribution in [3.63, 3.8) is 0 Å². The van der Waals surface area contributed by atoms with E-state index in [1.807, 2.05) is 0 Å². The van der Waals surface area contributed by atoms with Gasteiger partial charge in [0.15, 0.2) is 0 Å². The van der Waals surface area contributed by atoms with E-state index < -0.39 is 12.1 Å². The molecule has 0 aromatic carbocycles.